The Balaban J connectivity index is 2.01. The van der Waals surface area contributed by atoms with Crippen molar-refractivity contribution < 1.29 is 14.4 Å². The number of rotatable bonds is 6. The van der Waals surface area contributed by atoms with Gasteiger partial charge in [0.2, 0.25) is 0 Å². The third-order valence-electron chi connectivity index (χ3n) is 8.66. The van der Waals surface area contributed by atoms with Gasteiger partial charge in [-0.05, 0) is 17.8 Å². The second-order valence-corrected chi connectivity index (χ2v) is 12.7. The number of amides is 3. The first kappa shape index (κ1) is 33.8. The van der Waals surface area contributed by atoms with E-state index in [0.717, 1.165) is 0 Å². The monoisotopic (exact) mass is 624 g/mol. The number of imidazole rings is 3. The van der Waals surface area contributed by atoms with Crippen LogP contribution in [0.25, 0.3) is 0 Å². The molecule has 1 aliphatic heterocycles. The van der Waals surface area contributed by atoms with E-state index in [0.29, 0.717) is 34.6 Å². The van der Waals surface area contributed by atoms with E-state index in [2.05, 4.69) is 16.0 Å². The molecule has 15 heteroatoms. The molecule has 3 atom stereocenters. The minimum absolute atomic E-state index is 0.0406. The summed E-state index contributed by atoms with van der Waals surface area (Å²) in [6.07, 6.45) is 0. The fourth-order valence-electron chi connectivity index (χ4n) is 5.95. The molecule has 0 fully saturated rings. The second kappa shape index (κ2) is 13.1. The molecule has 4 heterocycles. The van der Waals surface area contributed by atoms with Crippen molar-refractivity contribution in [2.75, 3.05) is 0 Å². The molecule has 0 aromatic carbocycles. The van der Waals surface area contributed by atoms with Crippen LogP contribution >= 0.6 is 0 Å². The average molecular weight is 625 g/mol. The van der Waals surface area contributed by atoms with Crippen LogP contribution in [0.3, 0.4) is 0 Å². The number of nitrogens with two attached hydrogens (primary N) is 3. The first-order valence-electron chi connectivity index (χ1n) is 15.4. The van der Waals surface area contributed by atoms with Crippen molar-refractivity contribution in [2.24, 2.45) is 56.1 Å². The Morgan fingerprint density at radius 1 is 0.533 bits per heavy atom. The van der Waals surface area contributed by atoms with Gasteiger partial charge in [-0.3, -0.25) is 14.4 Å². The topological polar surface area (TPSA) is 219 Å². The molecular weight excluding hydrogens is 576 g/mol. The fourth-order valence-corrected chi connectivity index (χ4v) is 5.95. The lowest BCUT2D eigenvalue weighted by Gasteiger charge is -2.22. The molecule has 9 N–H and O–H groups in total. The first-order chi connectivity index (χ1) is 21.2. The number of aromatic nitrogens is 6. The molecule has 1 aliphatic rings. The van der Waals surface area contributed by atoms with Gasteiger partial charge in [-0.2, -0.15) is 0 Å². The van der Waals surface area contributed by atoms with Crippen LogP contribution in [-0.4, -0.2) is 46.4 Å². The summed E-state index contributed by atoms with van der Waals surface area (Å²) in [5.74, 6) is -0.247. The summed E-state index contributed by atoms with van der Waals surface area (Å²) >= 11 is 0. The van der Waals surface area contributed by atoms with Crippen molar-refractivity contribution in [1.82, 2.24) is 44.6 Å². The number of hydrogen-bond acceptors (Lipinski definition) is 9. The lowest BCUT2D eigenvalue weighted by atomic mass is 10.0. The van der Waals surface area contributed by atoms with Gasteiger partial charge in [-0.15, -0.1) is 0 Å². The number of nitrogens with one attached hydrogen (secondary N) is 3. The van der Waals surface area contributed by atoms with E-state index < -0.39 is 35.8 Å². The fraction of sp³-hybridized carbons (Fsp3) is 0.600. The van der Waals surface area contributed by atoms with E-state index in [1.54, 1.807) is 34.8 Å². The Hall–Kier alpha value is -4.08. The third kappa shape index (κ3) is 5.99. The summed E-state index contributed by atoms with van der Waals surface area (Å²) < 4.78 is 5.28. The van der Waals surface area contributed by atoms with Crippen LogP contribution < -0.4 is 33.2 Å². The van der Waals surface area contributed by atoms with Gasteiger partial charge in [-0.1, -0.05) is 41.5 Å². The van der Waals surface area contributed by atoms with Crippen LogP contribution in [0, 0.1) is 17.8 Å². The maximum atomic E-state index is 13.9. The van der Waals surface area contributed by atoms with Crippen molar-refractivity contribution in [1.29, 1.82) is 0 Å². The van der Waals surface area contributed by atoms with Gasteiger partial charge < -0.3 is 46.9 Å². The summed E-state index contributed by atoms with van der Waals surface area (Å²) in [4.78, 5) is 55.9. The second-order valence-electron chi connectivity index (χ2n) is 12.7. The van der Waals surface area contributed by atoms with Gasteiger partial charge in [0.05, 0.1) is 35.2 Å². The molecule has 0 saturated carbocycles. The highest BCUT2D eigenvalue weighted by atomic mass is 16.2. The smallest absolute Gasteiger partial charge is 0.272 e. The van der Waals surface area contributed by atoms with Crippen LogP contribution in [0.1, 0.15) is 126 Å². The molecule has 15 nitrogen and oxygen atoms in total. The Bertz CT molecular complexity index is 1410. The molecule has 0 radical (unpaired) electrons. The van der Waals surface area contributed by atoms with Crippen molar-refractivity contribution in [3.63, 3.8) is 0 Å². The van der Waals surface area contributed by atoms with E-state index in [-0.39, 0.29) is 54.5 Å². The molecule has 4 rings (SSSR count). The van der Waals surface area contributed by atoms with Gasteiger partial charge in [0.1, 0.15) is 17.5 Å². The maximum Gasteiger partial charge on any atom is 0.272 e. The number of fused-ring (bicyclic) bond motifs is 6. The molecular formula is C30H48N12O3. The van der Waals surface area contributed by atoms with Crippen molar-refractivity contribution in [2.45, 2.75) is 79.3 Å². The molecule has 3 amide bonds. The summed E-state index contributed by atoms with van der Waals surface area (Å²) in [5.41, 5.74) is 20.4. The Morgan fingerprint density at radius 2 is 0.756 bits per heavy atom. The van der Waals surface area contributed by atoms with Crippen molar-refractivity contribution in [3.05, 3.63) is 51.6 Å². The zero-order valence-corrected chi connectivity index (χ0v) is 27.7. The minimum atomic E-state index is -0.588. The highest BCUT2D eigenvalue weighted by Gasteiger charge is 2.35. The van der Waals surface area contributed by atoms with Gasteiger partial charge in [0.15, 0.2) is 17.1 Å². The normalized spacial score (nSPS) is 19.5. The summed E-state index contributed by atoms with van der Waals surface area (Å²) in [7, 11) is 5.33. The van der Waals surface area contributed by atoms with Crippen LogP contribution in [-0.2, 0) is 40.8 Å². The number of nitrogens with zero attached hydrogens (tertiary/aromatic N) is 6. The van der Waals surface area contributed by atoms with Crippen LogP contribution in [0.4, 0.5) is 0 Å². The zero-order valence-electron chi connectivity index (χ0n) is 27.7. The summed E-state index contributed by atoms with van der Waals surface area (Å²) in [6, 6.07) is -1.76. The number of hydrogen-bond donors (Lipinski definition) is 6. The number of carbonyl (C=O) groups excluding carboxylic acids is 3. The zero-order chi connectivity index (χ0) is 33.5. The van der Waals surface area contributed by atoms with Gasteiger partial charge in [0.25, 0.3) is 17.7 Å². The third-order valence-corrected chi connectivity index (χ3v) is 8.66. The predicted octanol–water partition coefficient (Wildman–Crippen LogP) is 0.958. The highest BCUT2D eigenvalue weighted by Crippen LogP contribution is 2.29. The minimum Gasteiger partial charge on any atom is -0.340 e. The molecule has 45 heavy (non-hydrogen) atoms. The van der Waals surface area contributed by atoms with Gasteiger partial charge >= 0.3 is 0 Å². The molecule has 6 bridgehead atoms. The molecule has 0 unspecified atom stereocenters. The lowest BCUT2D eigenvalue weighted by molar-refractivity contribution is 0.0912. The Labute approximate surface area is 263 Å². The molecule has 0 saturated heterocycles. The van der Waals surface area contributed by atoms with E-state index >= 15 is 0 Å². The predicted molar refractivity (Wildman–Crippen MR) is 168 cm³/mol. The largest absolute Gasteiger partial charge is 0.340 e. The summed E-state index contributed by atoms with van der Waals surface area (Å²) in [5, 5.41) is 9.25. The Kier molecular flexibility index (Phi) is 9.85. The first-order valence-corrected chi connectivity index (χ1v) is 15.4. The molecule has 0 spiro atoms. The van der Waals surface area contributed by atoms with Crippen LogP contribution in [0.2, 0.25) is 0 Å². The highest BCUT2D eigenvalue weighted by molar-refractivity contribution is 5.96. The molecule has 3 aromatic rings. The molecule has 0 aliphatic carbocycles. The van der Waals surface area contributed by atoms with Crippen LogP contribution in [0.5, 0.6) is 0 Å². The molecule has 3 aromatic heterocycles. The van der Waals surface area contributed by atoms with E-state index in [1.807, 2.05) is 41.5 Å². The average Bonchev–Trinajstić information content (AvgIpc) is 3.61. The van der Waals surface area contributed by atoms with E-state index in [4.69, 9.17) is 32.2 Å². The van der Waals surface area contributed by atoms with Crippen molar-refractivity contribution in [3.8, 4) is 0 Å². The SMILES string of the molecule is CC(C)[C@@H]1NC(=O)c2nc(n(C)c2CN)[C@H](C(C)C)NC(=O)c2nc(n(C)c2CN)[C@H](C(C)C)NC(=O)c2nc1n(C)c2CN. The van der Waals surface area contributed by atoms with E-state index in [1.165, 1.54) is 0 Å². The van der Waals surface area contributed by atoms with Crippen molar-refractivity contribution >= 4 is 17.7 Å². The quantitative estimate of drug-likeness (QED) is 0.230. The maximum absolute atomic E-state index is 13.9. The number of carbonyl (C=O) groups is 3. The summed E-state index contributed by atoms with van der Waals surface area (Å²) in [6.45, 7) is 11.8. The van der Waals surface area contributed by atoms with Gasteiger partial charge in [-0.25, -0.2) is 15.0 Å². The van der Waals surface area contributed by atoms with Gasteiger partial charge in [0, 0.05) is 40.8 Å². The lowest BCUT2D eigenvalue weighted by Crippen LogP contribution is -2.35. The standard InChI is InChI=1S/C30H48N12O3/c1-13(2)19-25-34-23(16(10-31)40(25)7)29(44)38-21(15(5)6)27-36-24(18(12-33)42(27)9)30(45)39-20(14(3)4)26-35-22(28(43)37-19)17(11-32)41(26)8/h13-15,19-21H,10-12,31-33H2,1-9H3,(H,37,43)(H,38,44)(H,39,45)/t19-,20-,21-/m0/s1. The van der Waals surface area contributed by atoms with E-state index in [9.17, 15) is 14.4 Å². The van der Waals surface area contributed by atoms with Crippen LogP contribution in [0.15, 0.2) is 0 Å². The molecule has 246 valence electrons. The Morgan fingerprint density at radius 3 is 0.933 bits per heavy atom.